The molecule has 0 spiro atoms. The summed E-state index contributed by atoms with van der Waals surface area (Å²) in [5.74, 6) is 2.35. The van der Waals surface area contributed by atoms with Crippen molar-refractivity contribution in [1.29, 1.82) is 0 Å². The molecule has 0 aromatic rings. The van der Waals surface area contributed by atoms with E-state index in [0.717, 1.165) is 0 Å². The van der Waals surface area contributed by atoms with Gasteiger partial charge in [-0.15, -0.1) is 6.42 Å². The van der Waals surface area contributed by atoms with Gasteiger partial charge in [0.1, 0.15) is 31.0 Å². The standard InChI is InChI=1S/C15H26O9/c1-2-3-20-4-5-21-6-7-22-8-9-23-15-14(19)13(18)12(17)11(10-16)24-15/h1,11-19H,3-10H2/t11-,12+,13-,14-,15-/m0/s1. The molecule has 0 amide bonds. The van der Waals surface area contributed by atoms with Crippen molar-refractivity contribution in [3.05, 3.63) is 0 Å². The number of rotatable bonds is 12. The number of hydrogen-bond acceptors (Lipinski definition) is 9. The van der Waals surface area contributed by atoms with Crippen LogP contribution in [0.25, 0.3) is 0 Å². The summed E-state index contributed by atoms with van der Waals surface area (Å²) in [6.45, 7) is 1.68. The Morgan fingerprint density at radius 1 is 0.833 bits per heavy atom. The van der Waals surface area contributed by atoms with Crippen molar-refractivity contribution in [2.75, 3.05) is 52.9 Å². The van der Waals surface area contributed by atoms with Crippen molar-refractivity contribution in [2.24, 2.45) is 0 Å². The molecule has 9 heteroatoms. The summed E-state index contributed by atoms with van der Waals surface area (Å²) in [6, 6.07) is 0. The Morgan fingerprint density at radius 2 is 1.42 bits per heavy atom. The largest absolute Gasteiger partial charge is 0.394 e. The minimum atomic E-state index is -1.45. The van der Waals surface area contributed by atoms with Crippen molar-refractivity contribution in [3.8, 4) is 12.3 Å². The molecule has 0 aromatic carbocycles. The first-order valence-corrected chi connectivity index (χ1v) is 7.70. The van der Waals surface area contributed by atoms with Gasteiger partial charge in [0.15, 0.2) is 6.29 Å². The average Bonchev–Trinajstić information content (AvgIpc) is 2.59. The van der Waals surface area contributed by atoms with Crippen molar-refractivity contribution in [3.63, 3.8) is 0 Å². The SMILES string of the molecule is C#CCOCCOCCOCCO[C@H]1O[C@@H](CO)[C@@H](O)[C@H](O)[C@@H]1O. The van der Waals surface area contributed by atoms with Crippen LogP contribution in [0.1, 0.15) is 0 Å². The molecule has 140 valence electrons. The maximum absolute atomic E-state index is 9.76. The maximum Gasteiger partial charge on any atom is 0.186 e. The van der Waals surface area contributed by atoms with Gasteiger partial charge in [0.05, 0.1) is 46.2 Å². The molecule has 24 heavy (non-hydrogen) atoms. The minimum Gasteiger partial charge on any atom is -0.394 e. The quantitative estimate of drug-likeness (QED) is 0.223. The summed E-state index contributed by atoms with van der Waals surface area (Å²) in [6.07, 6.45) is -1.37. The van der Waals surface area contributed by atoms with Gasteiger partial charge in [-0.3, -0.25) is 0 Å². The predicted molar refractivity (Wildman–Crippen MR) is 81.0 cm³/mol. The number of hydrogen-bond donors (Lipinski definition) is 4. The molecule has 0 bridgehead atoms. The first-order chi connectivity index (χ1) is 11.6. The van der Waals surface area contributed by atoms with E-state index in [1.165, 1.54) is 0 Å². The number of aliphatic hydroxyl groups excluding tert-OH is 4. The topological polar surface area (TPSA) is 127 Å². The Kier molecular flexibility index (Phi) is 11.1. The van der Waals surface area contributed by atoms with E-state index in [-0.39, 0.29) is 19.8 Å². The summed E-state index contributed by atoms with van der Waals surface area (Å²) < 4.78 is 26.0. The summed E-state index contributed by atoms with van der Waals surface area (Å²) in [5, 5.41) is 38.0. The molecular formula is C15H26O9. The number of ether oxygens (including phenoxy) is 5. The molecule has 0 saturated carbocycles. The molecular weight excluding hydrogens is 324 g/mol. The predicted octanol–water partition coefficient (Wildman–Crippen LogP) is -2.51. The molecule has 0 aliphatic carbocycles. The molecule has 0 unspecified atom stereocenters. The van der Waals surface area contributed by atoms with Gasteiger partial charge in [-0.25, -0.2) is 0 Å². The Hall–Kier alpha value is -0.800. The Morgan fingerprint density at radius 3 is 2.00 bits per heavy atom. The van der Waals surface area contributed by atoms with Crippen LogP contribution in [-0.2, 0) is 23.7 Å². The van der Waals surface area contributed by atoms with Crippen LogP contribution in [0, 0.1) is 12.3 Å². The summed E-state index contributed by atoms with van der Waals surface area (Å²) in [7, 11) is 0. The molecule has 1 aliphatic rings. The van der Waals surface area contributed by atoms with Crippen LogP contribution in [0.4, 0.5) is 0 Å². The number of aliphatic hydroxyl groups is 4. The lowest BCUT2D eigenvalue weighted by molar-refractivity contribution is -0.302. The molecule has 1 fully saturated rings. The molecule has 1 saturated heterocycles. The highest BCUT2D eigenvalue weighted by molar-refractivity contribution is 4.88. The first kappa shape index (κ1) is 21.2. The molecule has 1 aliphatic heterocycles. The van der Waals surface area contributed by atoms with E-state index in [9.17, 15) is 15.3 Å². The van der Waals surface area contributed by atoms with Crippen LogP contribution in [0.5, 0.6) is 0 Å². The normalized spacial score (nSPS) is 30.2. The fraction of sp³-hybridized carbons (Fsp3) is 0.867. The van der Waals surface area contributed by atoms with Crippen LogP contribution in [-0.4, -0.2) is 104 Å². The van der Waals surface area contributed by atoms with E-state index in [1.54, 1.807) is 0 Å². The maximum atomic E-state index is 9.76. The summed E-state index contributed by atoms with van der Waals surface area (Å²) >= 11 is 0. The molecule has 4 N–H and O–H groups in total. The third kappa shape index (κ3) is 7.40. The zero-order chi connectivity index (χ0) is 17.8. The Bertz CT molecular complexity index is 357. The van der Waals surface area contributed by atoms with Gasteiger partial charge in [0.25, 0.3) is 0 Å². The fourth-order valence-corrected chi connectivity index (χ4v) is 2.00. The van der Waals surface area contributed by atoms with E-state index in [2.05, 4.69) is 5.92 Å². The molecule has 5 atom stereocenters. The summed E-state index contributed by atoms with van der Waals surface area (Å²) in [4.78, 5) is 0. The monoisotopic (exact) mass is 350 g/mol. The van der Waals surface area contributed by atoms with Gasteiger partial charge in [0.2, 0.25) is 0 Å². The van der Waals surface area contributed by atoms with Gasteiger partial charge < -0.3 is 44.1 Å². The van der Waals surface area contributed by atoms with Crippen molar-refractivity contribution >= 4 is 0 Å². The van der Waals surface area contributed by atoms with Gasteiger partial charge in [-0.05, 0) is 0 Å². The zero-order valence-corrected chi connectivity index (χ0v) is 13.5. The van der Waals surface area contributed by atoms with E-state index in [4.69, 9.17) is 35.2 Å². The second-order valence-corrected chi connectivity index (χ2v) is 5.05. The molecule has 1 heterocycles. The highest BCUT2D eigenvalue weighted by Crippen LogP contribution is 2.21. The zero-order valence-electron chi connectivity index (χ0n) is 13.5. The van der Waals surface area contributed by atoms with Crippen molar-refractivity contribution < 1.29 is 44.1 Å². The molecule has 0 radical (unpaired) electrons. The van der Waals surface area contributed by atoms with E-state index in [1.807, 2.05) is 0 Å². The Balaban J connectivity index is 2.03. The third-order valence-corrected chi connectivity index (χ3v) is 3.29. The highest BCUT2D eigenvalue weighted by Gasteiger charge is 2.43. The highest BCUT2D eigenvalue weighted by atomic mass is 16.7. The lowest BCUT2D eigenvalue weighted by atomic mass is 9.99. The van der Waals surface area contributed by atoms with Crippen LogP contribution in [0.3, 0.4) is 0 Å². The fourth-order valence-electron chi connectivity index (χ4n) is 2.00. The van der Waals surface area contributed by atoms with Crippen LogP contribution in [0.15, 0.2) is 0 Å². The minimum absolute atomic E-state index is 0.105. The van der Waals surface area contributed by atoms with E-state index < -0.39 is 37.3 Å². The van der Waals surface area contributed by atoms with Crippen LogP contribution < -0.4 is 0 Å². The smallest absolute Gasteiger partial charge is 0.186 e. The lowest BCUT2D eigenvalue weighted by Gasteiger charge is -2.39. The second kappa shape index (κ2) is 12.5. The van der Waals surface area contributed by atoms with E-state index >= 15 is 0 Å². The molecule has 0 aromatic heterocycles. The first-order valence-electron chi connectivity index (χ1n) is 7.70. The number of terminal acetylenes is 1. The van der Waals surface area contributed by atoms with Crippen LogP contribution >= 0.6 is 0 Å². The second-order valence-electron chi connectivity index (χ2n) is 5.05. The summed E-state index contributed by atoms with van der Waals surface area (Å²) in [5.41, 5.74) is 0. The third-order valence-electron chi connectivity index (χ3n) is 3.29. The average molecular weight is 350 g/mol. The molecule has 1 rings (SSSR count). The van der Waals surface area contributed by atoms with E-state index in [0.29, 0.717) is 26.4 Å². The lowest BCUT2D eigenvalue weighted by Crippen LogP contribution is -2.59. The van der Waals surface area contributed by atoms with Gasteiger partial charge >= 0.3 is 0 Å². The van der Waals surface area contributed by atoms with Crippen LogP contribution in [0.2, 0.25) is 0 Å². The molecule has 9 nitrogen and oxygen atoms in total. The Labute approximate surface area is 141 Å². The van der Waals surface area contributed by atoms with Gasteiger partial charge in [-0.2, -0.15) is 0 Å². The van der Waals surface area contributed by atoms with Crippen molar-refractivity contribution in [2.45, 2.75) is 30.7 Å². The van der Waals surface area contributed by atoms with Crippen molar-refractivity contribution in [1.82, 2.24) is 0 Å². The van der Waals surface area contributed by atoms with Gasteiger partial charge in [-0.1, -0.05) is 5.92 Å². The van der Waals surface area contributed by atoms with Gasteiger partial charge in [0, 0.05) is 0 Å².